The molecule has 15 heavy (non-hydrogen) atoms. The summed E-state index contributed by atoms with van der Waals surface area (Å²) < 4.78 is 0. The molecule has 0 spiro atoms. The predicted octanol–water partition coefficient (Wildman–Crippen LogP) is 3.22. The minimum atomic E-state index is -0.635. The first-order valence-electron chi connectivity index (χ1n) is 4.10. The van der Waals surface area contributed by atoms with Gasteiger partial charge in [0.2, 0.25) is 0 Å². The zero-order chi connectivity index (χ0) is 11.4. The van der Waals surface area contributed by atoms with Gasteiger partial charge >= 0.3 is 0 Å². The van der Waals surface area contributed by atoms with Gasteiger partial charge in [0.25, 0.3) is 5.69 Å². The molecule has 1 rings (SSSR count). The van der Waals surface area contributed by atoms with Gasteiger partial charge in [0.05, 0.1) is 10.5 Å². The first-order chi connectivity index (χ1) is 7.07. The fourth-order valence-corrected chi connectivity index (χ4v) is 1.75. The zero-order valence-electron chi connectivity index (χ0n) is 7.57. The van der Waals surface area contributed by atoms with Gasteiger partial charge in [-0.15, -0.1) is 0 Å². The summed E-state index contributed by atoms with van der Waals surface area (Å²) in [4.78, 5) is 21.6. The van der Waals surface area contributed by atoms with Crippen LogP contribution in [0.15, 0.2) is 18.2 Å². The molecule has 0 amide bonds. The maximum Gasteiger partial charge on any atom is 0.298 e. The molecular formula is C9H7BrClNO3. The van der Waals surface area contributed by atoms with Crippen molar-refractivity contribution in [3.63, 3.8) is 0 Å². The standard InChI is InChI=1S/C9H7BrClNO3/c10-5-4-8(13)6-2-1-3-7(11)9(6)12(14)15/h1-3H,4-5H2. The molecule has 0 heterocycles. The highest BCUT2D eigenvalue weighted by atomic mass is 79.9. The Hall–Kier alpha value is -0.940. The van der Waals surface area contributed by atoms with Crippen molar-refractivity contribution in [2.24, 2.45) is 0 Å². The number of carbonyl (C=O) groups is 1. The average molecular weight is 293 g/mol. The Labute approximate surface area is 99.5 Å². The molecule has 0 N–H and O–H groups in total. The lowest BCUT2D eigenvalue weighted by atomic mass is 10.1. The van der Waals surface area contributed by atoms with Gasteiger partial charge in [-0.05, 0) is 12.1 Å². The van der Waals surface area contributed by atoms with E-state index in [-0.39, 0.29) is 28.5 Å². The first-order valence-corrected chi connectivity index (χ1v) is 5.60. The number of halogens is 2. The Morgan fingerprint density at radius 3 is 2.73 bits per heavy atom. The van der Waals surface area contributed by atoms with Gasteiger partial charge in [-0.25, -0.2) is 0 Å². The average Bonchev–Trinajstić information content (AvgIpc) is 2.17. The summed E-state index contributed by atoms with van der Waals surface area (Å²) in [5, 5.41) is 11.2. The maximum absolute atomic E-state index is 11.5. The molecule has 0 atom stereocenters. The van der Waals surface area contributed by atoms with Crippen LogP contribution in [0.5, 0.6) is 0 Å². The molecular weight excluding hydrogens is 285 g/mol. The minimum Gasteiger partial charge on any atom is -0.294 e. The summed E-state index contributed by atoms with van der Waals surface area (Å²) in [7, 11) is 0. The van der Waals surface area contributed by atoms with Crippen LogP contribution in [-0.2, 0) is 0 Å². The van der Waals surface area contributed by atoms with Gasteiger partial charge < -0.3 is 0 Å². The molecule has 0 aliphatic heterocycles. The summed E-state index contributed by atoms with van der Waals surface area (Å²) in [5.74, 6) is -0.291. The van der Waals surface area contributed by atoms with Crippen molar-refractivity contribution in [2.45, 2.75) is 6.42 Å². The lowest BCUT2D eigenvalue weighted by Gasteiger charge is -2.01. The van der Waals surface area contributed by atoms with Crippen molar-refractivity contribution in [1.82, 2.24) is 0 Å². The number of Topliss-reactive ketones (excluding diaryl/α,β-unsaturated/α-hetero) is 1. The second-order valence-electron chi connectivity index (χ2n) is 2.76. The van der Waals surface area contributed by atoms with Gasteiger partial charge in [-0.2, -0.15) is 0 Å². The van der Waals surface area contributed by atoms with Crippen molar-refractivity contribution in [3.05, 3.63) is 38.9 Å². The number of nitro groups is 1. The van der Waals surface area contributed by atoms with Crippen molar-refractivity contribution in [3.8, 4) is 0 Å². The zero-order valence-corrected chi connectivity index (χ0v) is 9.92. The number of benzene rings is 1. The number of nitrogens with zero attached hydrogens (tertiary/aromatic N) is 1. The van der Waals surface area contributed by atoms with Crippen LogP contribution in [0.2, 0.25) is 5.02 Å². The second-order valence-corrected chi connectivity index (χ2v) is 3.96. The van der Waals surface area contributed by atoms with E-state index in [1.54, 1.807) is 0 Å². The molecule has 4 nitrogen and oxygen atoms in total. The van der Waals surface area contributed by atoms with Crippen LogP contribution in [0.1, 0.15) is 16.8 Å². The van der Waals surface area contributed by atoms with E-state index in [9.17, 15) is 14.9 Å². The van der Waals surface area contributed by atoms with E-state index in [2.05, 4.69) is 15.9 Å². The molecule has 0 fully saturated rings. The quantitative estimate of drug-likeness (QED) is 0.370. The lowest BCUT2D eigenvalue weighted by Crippen LogP contribution is -2.04. The Bertz CT molecular complexity index is 408. The first kappa shape index (κ1) is 12.1. The summed E-state index contributed by atoms with van der Waals surface area (Å²) in [6.45, 7) is 0. The summed E-state index contributed by atoms with van der Waals surface area (Å²) in [6.07, 6.45) is 0.210. The molecule has 1 aromatic rings. The fraction of sp³-hybridized carbons (Fsp3) is 0.222. The number of hydrogen-bond acceptors (Lipinski definition) is 3. The van der Waals surface area contributed by atoms with E-state index in [1.807, 2.05) is 0 Å². The Morgan fingerprint density at radius 1 is 1.53 bits per heavy atom. The topological polar surface area (TPSA) is 60.2 Å². The summed E-state index contributed by atoms with van der Waals surface area (Å²) in [5.41, 5.74) is -0.253. The maximum atomic E-state index is 11.5. The normalized spacial score (nSPS) is 10.0. The van der Waals surface area contributed by atoms with E-state index in [1.165, 1.54) is 18.2 Å². The molecule has 0 aliphatic carbocycles. The van der Waals surface area contributed by atoms with E-state index in [0.717, 1.165) is 0 Å². The highest BCUT2D eigenvalue weighted by molar-refractivity contribution is 9.09. The Kier molecular flexibility index (Phi) is 4.23. The number of rotatable bonds is 4. The summed E-state index contributed by atoms with van der Waals surface area (Å²) in [6, 6.07) is 4.33. The molecule has 0 saturated heterocycles. The molecule has 0 bridgehead atoms. The van der Waals surface area contributed by atoms with Gasteiger partial charge in [0, 0.05) is 11.8 Å². The smallest absolute Gasteiger partial charge is 0.294 e. The largest absolute Gasteiger partial charge is 0.298 e. The van der Waals surface area contributed by atoms with E-state index >= 15 is 0 Å². The minimum absolute atomic E-state index is 0.0135. The van der Waals surface area contributed by atoms with Crippen LogP contribution in [0.3, 0.4) is 0 Å². The third-order valence-corrected chi connectivity index (χ3v) is 2.49. The third-order valence-electron chi connectivity index (χ3n) is 1.79. The van der Waals surface area contributed by atoms with Crippen LogP contribution in [-0.4, -0.2) is 16.0 Å². The van der Waals surface area contributed by atoms with E-state index in [4.69, 9.17) is 11.6 Å². The molecule has 0 aromatic heterocycles. The molecule has 0 unspecified atom stereocenters. The predicted molar refractivity (Wildman–Crippen MR) is 60.8 cm³/mol. The number of nitro benzene ring substituents is 1. The monoisotopic (exact) mass is 291 g/mol. The third kappa shape index (κ3) is 2.76. The summed E-state index contributed by atoms with van der Waals surface area (Å²) >= 11 is 8.77. The number of carbonyl (C=O) groups excluding carboxylic acids is 1. The molecule has 0 aliphatic rings. The van der Waals surface area contributed by atoms with Crippen molar-refractivity contribution in [1.29, 1.82) is 0 Å². The number of para-hydroxylation sites is 1. The fourth-order valence-electron chi connectivity index (χ4n) is 1.15. The SMILES string of the molecule is O=C(CCBr)c1cccc(Cl)c1[N+](=O)[O-]. The Balaban J connectivity index is 3.23. The van der Waals surface area contributed by atoms with Crippen LogP contribution < -0.4 is 0 Å². The van der Waals surface area contributed by atoms with E-state index in [0.29, 0.717) is 5.33 Å². The second kappa shape index (κ2) is 5.23. The molecule has 0 radical (unpaired) electrons. The van der Waals surface area contributed by atoms with Gasteiger partial charge in [0.1, 0.15) is 5.02 Å². The van der Waals surface area contributed by atoms with Gasteiger partial charge in [-0.1, -0.05) is 33.6 Å². The Morgan fingerprint density at radius 2 is 2.20 bits per heavy atom. The highest BCUT2D eigenvalue weighted by Crippen LogP contribution is 2.29. The molecule has 6 heteroatoms. The molecule has 80 valence electrons. The van der Waals surface area contributed by atoms with E-state index < -0.39 is 4.92 Å². The number of alkyl halides is 1. The number of ketones is 1. The van der Waals surface area contributed by atoms with Crippen LogP contribution in [0.25, 0.3) is 0 Å². The molecule has 0 saturated carbocycles. The van der Waals surface area contributed by atoms with Crippen LogP contribution in [0, 0.1) is 10.1 Å². The van der Waals surface area contributed by atoms with Crippen LogP contribution >= 0.6 is 27.5 Å². The highest BCUT2D eigenvalue weighted by Gasteiger charge is 2.22. The van der Waals surface area contributed by atoms with Crippen LogP contribution in [0.4, 0.5) is 5.69 Å². The molecule has 1 aromatic carbocycles. The van der Waals surface area contributed by atoms with Crippen molar-refractivity contribution >= 4 is 39.0 Å². The lowest BCUT2D eigenvalue weighted by molar-refractivity contribution is -0.385. The van der Waals surface area contributed by atoms with Gasteiger partial charge in [0.15, 0.2) is 5.78 Å². The van der Waals surface area contributed by atoms with Crippen molar-refractivity contribution in [2.75, 3.05) is 5.33 Å². The van der Waals surface area contributed by atoms with Gasteiger partial charge in [-0.3, -0.25) is 14.9 Å². The van der Waals surface area contributed by atoms with Crippen molar-refractivity contribution < 1.29 is 9.72 Å². The number of hydrogen-bond donors (Lipinski definition) is 0.